The van der Waals surface area contributed by atoms with Gasteiger partial charge in [-0.25, -0.2) is 4.98 Å². The molecule has 86 valence electrons. The van der Waals surface area contributed by atoms with Crippen molar-refractivity contribution in [3.05, 3.63) is 10.6 Å². The van der Waals surface area contributed by atoms with E-state index >= 15 is 0 Å². The molecule has 5 heteroatoms. The lowest BCUT2D eigenvalue weighted by Gasteiger charge is -2.08. The number of amides is 1. The van der Waals surface area contributed by atoms with E-state index in [1.54, 1.807) is 11.3 Å². The van der Waals surface area contributed by atoms with Crippen LogP contribution >= 0.6 is 11.3 Å². The van der Waals surface area contributed by atoms with Crippen LogP contribution < -0.4 is 5.32 Å². The molecule has 1 aliphatic carbocycles. The van der Waals surface area contributed by atoms with Crippen molar-refractivity contribution in [2.75, 3.05) is 11.9 Å². The highest BCUT2D eigenvalue weighted by molar-refractivity contribution is 7.15. The summed E-state index contributed by atoms with van der Waals surface area (Å²) in [6, 6.07) is 0. The molecule has 0 unspecified atom stereocenters. The van der Waals surface area contributed by atoms with Gasteiger partial charge in [-0.3, -0.25) is 4.79 Å². The molecule has 0 saturated heterocycles. The molecular weight excluding hydrogens is 224 g/mol. The zero-order valence-corrected chi connectivity index (χ0v) is 9.97. The van der Waals surface area contributed by atoms with Crippen LogP contribution in [0.2, 0.25) is 0 Å². The fraction of sp³-hybridized carbons (Fsp3) is 0.636. The quantitative estimate of drug-likeness (QED) is 0.855. The van der Waals surface area contributed by atoms with Crippen LogP contribution in [0.3, 0.4) is 0 Å². The van der Waals surface area contributed by atoms with Crippen molar-refractivity contribution in [2.45, 2.75) is 26.4 Å². The van der Waals surface area contributed by atoms with Gasteiger partial charge in [0.15, 0.2) is 5.13 Å². The van der Waals surface area contributed by atoms with Crippen molar-refractivity contribution >= 4 is 22.4 Å². The molecule has 1 N–H and O–H groups in total. The molecule has 0 bridgehead atoms. The van der Waals surface area contributed by atoms with Crippen molar-refractivity contribution in [3.63, 3.8) is 0 Å². The lowest BCUT2D eigenvalue weighted by Crippen LogP contribution is -2.14. The van der Waals surface area contributed by atoms with Crippen molar-refractivity contribution in [2.24, 2.45) is 11.8 Å². The predicted octanol–water partition coefficient (Wildman–Crippen LogP) is 1.81. The van der Waals surface area contributed by atoms with Gasteiger partial charge in [0.2, 0.25) is 5.91 Å². The Morgan fingerprint density at radius 1 is 1.62 bits per heavy atom. The van der Waals surface area contributed by atoms with Gasteiger partial charge in [0.25, 0.3) is 0 Å². The Morgan fingerprint density at radius 2 is 2.44 bits per heavy atom. The molecule has 0 spiro atoms. The summed E-state index contributed by atoms with van der Waals surface area (Å²) < 4.78 is 5.35. The van der Waals surface area contributed by atoms with Crippen LogP contribution in [-0.4, -0.2) is 17.5 Å². The normalized spacial score (nSPS) is 27.3. The molecule has 2 heterocycles. The van der Waals surface area contributed by atoms with Gasteiger partial charge in [0.1, 0.15) is 0 Å². The highest BCUT2D eigenvalue weighted by atomic mass is 32.1. The molecular formula is C11H14N2O2S. The van der Waals surface area contributed by atoms with Crippen molar-refractivity contribution in [3.8, 4) is 0 Å². The molecule has 1 aromatic heterocycles. The van der Waals surface area contributed by atoms with Crippen LogP contribution in [-0.2, 0) is 22.6 Å². The lowest BCUT2D eigenvalue weighted by atomic mass is 10.2. The monoisotopic (exact) mass is 238 g/mol. The molecule has 3 rings (SSSR count). The average Bonchev–Trinajstić information content (AvgIpc) is 2.87. The number of aromatic nitrogens is 1. The smallest absolute Gasteiger partial charge is 0.229 e. The van der Waals surface area contributed by atoms with Crippen LogP contribution in [0.25, 0.3) is 0 Å². The molecule has 1 amide bonds. The lowest BCUT2D eigenvalue weighted by molar-refractivity contribution is -0.117. The Bertz CT molecular complexity index is 406. The summed E-state index contributed by atoms with van der Waals surface area (Å²) in [5.74, 6) is 0.870. The number of rotatable bonds is 2. The third-order valence-corrected chi connectivity index (χ3v) is 4.16. The molecule has 4 nitrogen and oxygen atoms in total. The Labute approximate surface area is 98.0 Å². The van der Waals surface area contributed by atoms with Gasteiger partial charge in [-0.05, 0) is 12.3 Å². The first-order valence-corrected chi connectivity index (χ1v) is 6.43. The number of carbonyl (C=O) groups excluding carboxylic acids is 1. The van der Waals surface area contributed by atoms with Crippen molar-refractivity contribution in [1.82, 2.24) is 4.98 Å². The van der Waals surface area contributed by atoms with Crippen molar-refractivity contribution < 1.29 is 9.53 Å². The van der Waals surface area contributed by atoms with Gasteiger partial charge < -0.3 is 10.1 Å². The topological polar surface area (TPSA) is 51.2 Å². The number of carbonyl (C=O) groups is 1. The standard InChI is InChI=1S/C11H14N2O2S/c1-6-4-7(6)10(14)13-11-12-8-2-3-15-5-9(8)16-11/h6-7H,2-5H2,1H3,(H,12,13,14)/t6-,7+/m1/s1. The van der Waals surface area contributed by atoms with E-state index in [2.05, 4.69) is 17.2 Å². The summed E-state index contributed by atoms with van der Waals surface area (Å²) in [6.45, 7) is 3.48. The van der Waals surface area contributed by atoms with Crippen LogP contribution in [0.15, 0.2) is 0 Å². The average molecular weight is 238 g/mol. The molecule has 1 saturated carbocycles. The first kappa shape index (κ1) is 10.2. The third-order valence-electron chi connectivity index (χ3n) is 3.17. The fourth-order valence-electron chi connectivity index (χ4n) is 1.96. The maximum absolute atomic E-state index is 11.7. The van der Waals surface area contributed by atoms with E-state index in [0.29, 0.717) is 12.5 Å². The number of hydrogen-bond donors (Lipinski definition) is 1. The minimum absolute atomic E-state index is 0.125. The van der Waals surface area contributed by atoms with Gasteiger partial charge in [-0.1, -0.05) is 18.3 Å². The zero-order chi connectivity index (χ0) is 11.1. The minimum atomic E-state index is 0.125. The second kappa shape index (κ2) is 3.82. The summed E-state index contributed by atoms with van der Waals surface area (Å²) in [5, 5.41) is 3.64. The van der Waals surface area contributed by atoms with Crippen LogP contribution in [0.5, 0.6) is 0 Å². The van der Waals surface area contributed by atoms with Crippen LogP contribution in [0.4, 0.5) is 5.13 Å². The van der Waals surface area contributed by atoms with E-state index in [9.17, 15) is 4.79 Å². The molecule has 16 heavy (non-hydrogen) atoms. The SMILES string of the molecule is C[C@@H]1C[C@@H]1C(=O)Nc1nc2c(s1)COCC2. The molecule has 2 atom stereocenters. The molecule has 1 aliphatic heterocycles. The van der Waals surface area contributed by atoms with Crippen molar-refractivity contribution in [1.29, 1.82) is 0 Å². The largest absolute Gasteiger partial charge is 0.375 e. The molecule has 1 aromatic rings. The van der Waals surface area contributed by atoms with Gasteiger partial charge in [-0.2, -0.15) is 0 Å². The van der Waals surface area contributed by atoms with E-state index in [4.69, 9.17) is 4.74 Å². The Morgan fingerprint density at radius 3 is 3.12 bits per heavy atom. The second-order valence-corrected chi connectivity index (χ2v) is 5.58. The number of nitrogens with one attached hydrogen (secondary N) is 1. The Hall–Kier alpha value is -0.940. The van der Waals surface area contributed by atoms with Gasteiger partial charge >= 0.3 is 0 Å². The number of anilines is 1. The fourth-order valence-corrected chi connectivity index (χ4v) is 2.91. The molecule has 1 fully saturated rings. The first-order chi connectivity index (χ1) is 7.74. The third kappa shape index (κ3) is 1.85. The number of thiazole rings is 1. The maximum atomic E-state index is 11.7. The summed E-state index contributed by atoms with van der Waals surface area (Å²) in [4.78, 5) is 17.3. The number of fused-ring (bicyclic) bond motifs is 1. The molecule has 0 aromatic carbocycles. The van der Waals surface area contributed by atoms with Crippen LogP contribution in [0.1, 0.15) is 23.9 Å². The van der Waals surface area contributed by atoms with E-state index in [-0.39, 0.29) is 11.8 Å². The zero-order valence-electron chi connectivity index (χ0n) is 9.16. The van der Waals surface area contributed by atoms with Gasteiger partial charge in [0, 0.05) is 12.3 Å². The summed E-state index contributed by atoms with van der Waals surface area (Å²) in [5.41, 5.74) is 1.09. The highest BCUT2D eigenvalue weighted by Gasteiger charge is 2.39. The molecule has 0 radical (unpaired) electrons. The van der Waals surface area contributed by atoms with Crippen LogP contribution in [0, 0.1) is 11.8 Å². The summed E-state index contributed by atoms with van der Waals surface area (Å²) in [7, 11) is 0. The minimum Gasteiger partial charge on any atom is -0.375 e. The van der Waals surface area contributed by atoms with E-state index in [1.165, 1.54) is 0 Å². The number of nitrogens with zero attached hydrogens (tertiary/aromatic N) is 1. The highest BCUT2D eigenvalue weighted by Crippen LogP contribution is 2.39. The van der Waals surface area contributed by atoms with E-state index in [0.717, 1.165) is 35.2 Å². The number of ether oxygens (including phenoxy) is 1. The van der Waals surface area contributed by atoms with Gasteiger partial charge in [-0.15, -0.1) is 0 Å². The number of hydrogen-bond acceptors (Lipinski definition) is 4. The van der Waals surface area contributed by atoms with E-state index in [1.807, 2.05) is 0 Å². The predicted molar refractivity (Wildman–Crippen MR) is 61.4 cm³/mol. The Kier molecular flexibility index (Phi) is 2.44. The summed E-state index contributed by atoms with van der Waals surface area (Å²) in [6.07, 6.45) is 1.88. The first-order valence-electron chi connectivity index (χ1n) is 5.61. The maximum Gasteiger partial charge on any atom is 0.229 e. The van der Waals surface area contributed by atoms with E-state index < -0.39 is 0 Å². The second-order valence-electron chi connectivity index (χ2n) is 4.50. The van der Waals surface area contributed by atoms with Gasteiger partial charge in [0.05, 0.1) is 23.8 Å². The Balaban J connectivity index is 1.70. The summed E-state index contributed by atoms with van der Waals surface area (Å²) >= 11 is 1.54. The molecule has 2 aliphatic rings.